The van der Waals surface area contributed by atoms with E-state index in [1.54, 1.807) is 4.57 Å². The molecule has 3 aliphatic rings. The fourth-order valence-corrected chi connectivity index (χ4v) is 4.62. The molecule has 0 spiro atoms. The minimum Gasteiger partial charge on any atom is -0.368 e. The molecular weight excluding hydrogens is 318 g/mol. The lowest BCUT2D eigenvalue weighted by molar-refractivity contribution is -0.144. The number of ether oxygens (including phenoxy) is 1. The highest BCUT2D eigenvalue weighted by atomic mass is 16.5. The van der Waals surface area contributed by atoms with Gasteiger partial charge >= 0.3 is 0 Å². The van der Waals surface area contributed by atoms with Crippen molar-refractivity contribution in [3.8, 4) is 0 Å². The van der Waals surface area contributed by atoms with Gasteiger partial charge in [0.2, 0.25) is 0 Å². The fourth-order valence-electron chi connectivity index (χ4n) is 4.62. The van der Waals surface area contributed by atoms with Gasteiger partial charge in [0, 0.05) is 25.6 Å². The number of carbonyl (C=O) groups is 1. The molecule has 5 rings (SSSR count). The van der Waals surface area contributed by atoms with Crippen LogP contribution < -0.4 is 5.56 Å². The Labute approximate surface area is 145 Å². The van der Waals surface area contributed by atoms with Crippen LogP contribution in [0.3, 0.4) is 0 Å². The van der Waals surface area contributed by atoms with E-state index in [0.717, 1.165) is 37.0 Å². The van der Waals surface area contributed by atoms with Crippen LogP contribution in [0, 0.1) is 0 Å². The van der Waals surface area contributed by atoms with Gasteiger partial charge in [0.05, 0.1) is 16.9 Å². The first-order valence-corrected chi connectivity index (χ1v) is 9.14. The van der Waals surface area contributed by atoms with Crippen LogP contribution in [-0.4, -0.2) is 45.2 Å². The zero-order valence-electron chi connectivity index (χ0n) is 14.1. The standard InChI is InChI=1S/C19H21N3O3/c23-18-14-4-1-2-5-15(14)20-17-10-12-7-8-13(11-21(17)18)22(12)19(24)16-6-3-9-25-16/h1-2,4-5,12-13,16H,3,6-11H2/t12-,13-,16-/m0/s1. The summed E-state index contributed by atoms with van der Waals surface area (Å²) in [6, 6.07) is 7.69. The van der Waals surface area contributed by atoms with Crippen LogP contribution in [-0.2, 0) is 22.5 Å². The van der Waals surface area contributed by atoms with Gasteiger partial charge in [0.1, 0.15) is 11.9 Å². The van der Waals surface area contributed by atoms with Crippen LogP contribution in [0.1, 0.15) is 31.5 Å². The Bertz CT molecular complexity index is 900. The molecule has 25 heavy (non-hydrogen) atoms. The van der Waals surface area contributed by atoms with Gasteiger partial charge in [-0.15, -0.1) is 0 Å². The van der Waals surface area contributed by atoms with Gasteiger partial charge in [0.25, 0.3) is 11.5 Å². The molecule has 0 unspecified atom stereocenters. The molecule has 2 bridgehead atoms. The number of hydrogen-bond donors (Lipinski definition) is 0. The highest BCUT2D eigenvalue weighted by molar-refractivity contribution is 5.82. The number of nitrogens with zero attached hydrogens (tertiary/aromatic N) is 3. The van der Waals surface area contributed by atoms with Crippen LogP contribution >= 0.6 is 0 Å². The Hall–Kier alpha value is -2.21. The van der Waals surface area contributed by atoms with Crippen LogP contribution in [0.15, 0.2) is 29.1 Å². The number of carbonyl (C=O) groups excluding carboxylic acids is 1. The van der Waals surface area contributed by atoms with Crippen LogP contribution in [0.5, 0.6) is 0 Å². The molecule has 1 aromatic carbocycles. The fraction of sp³-hybridized carbons (Fsp3) is 0.526. The maximum atomic E-state index is 13.0. The summed E-state index contributed by atoms with van der Waals surface area (Å²) in [7, 11) is 0. The maximum Gasteiger partial charge on any atom is 0.261 e. The van der Waals surface area contributed by atoms with E-state index in [-0.39, 0.29) is 29.7 Å². The average molecular weight is 339 g/mol. The van der Waals surface area contributed by atoms with Gasteiger partial charge in [-0.1, -0.05) is 12.1 Å². The van der Waals surface area contributed by atoms with Gasteiger partial charge in [-0.05, 0) is 37.8 Å². The number of fused-ring (bicyclic) bond motifs is 4. The average Bonchev–Trinajstić information content (AvgIpc) is 3.24. The summed E-state index contributed by atoms with van der Waals surface area (Å²) in [5, 5.41) is 0.654. The quantitative estimate of drug-likeness (QED) is 0.790. The highest BCUT2D eigenvalue weighted by Crippen LogP contribution is 2.32. The number of benzene rings is 1. The van der Waals surface area contributed by atoms with Crippen molar-refractivity contribution in [2.24, 2.45) is 0 Å². The van der Waals surface area contributed by atoms with Gasteiger partial charge in [-0.25, -0.2) is 4.98 Å². The number of hydrogen-bond acceptors (Lipinski definition) is 4. The van der Waals surface area contributed by atoms with Crippen molar-refractivity contribution in [3.05, 3.63) is 40.4 Å². The zero-order chi connectivity index (χ0) is 17.0. The molecule has 0 saturated carbocycles. The Morgan fingerprint density at radius 2 is 2.00 bits per heavy atom. The molecule has 0 radical (unpaired) electrons. The third-order valence-corrected chi connectivity index (χ3v) is 5.83. The predicted molar refractivity (Wildman–Crippen MR) is 92.3 cm³/mol. The highest BCUT2D eigenvalue weighted by Gasteiger charge is 2.43. The summed E-state index contributed by atoms with van der Waals surface area (Å²) in [6.07, 6.45) is 4.03. The summed E-state index contributed by atoms with van der Waals surface area (Å²) < 4.78 is 7.42. The van der Waals surface area contributed by atoms with E-state index in [4.69, 9.17) is 9.72 Å². The molecule has 6 nitrogen and oxygen atoms in total. The number of amides is 1. The van der Waals surface area contributed by atoms with E-state index in [1.165, 1.54) is 0 Å². The Morgan fingerprint density at radius 1 is 1.16 bits per heavy atom. The minimum absolute atomic E-state index is 0.0117. The summed E-state index contributed by atoms with van der Waals surface area (Å²) in [6.45, 7) is 1.22. The van der Waals surface area contributed by atoms with Crippen molar-refractivity contribution >= 4 is 16.8 Å². The number of rotatable bonds is 1. The lowest BCUT2D eigenvalue weighted by atomic mass is 10.1. The lowest BCUT2D eigenvalue weighted by Crippen LogP contribution is -2.47. The van der Waals surface area contributed by atoms with Crippen molar-refractivity contribution in [3.63, 3.8) is 0 Å². The monoisotopic (exact) mass is 339 g/mol. The van der Waals surface area contributed by atoms with E-state index in [9.17, 15) is 9.59 Å². The van der Waals surface area contributed by atoms with Crippen molar-refractivity contribution in [2.75, 3.05) is 6.61 Å². The third kappa shape index (κ3) is 2.31. The van der Waals surface area contributed by atoms with E-state index in [2.05, 4.69) is 0 Å². The van der Waals surface area contributed by atoms with Crippen molar-refractivity contribution in [2.45, 2.75) is 56.8 Å². The lowest BCUT2D eigenvalue weighted by Gasteiger charge is -2.30. The van der Waals surface area contributed by atoms with Crippen LogP contribution in [0.4, 0.5) is 0 Å². The Balaban J connectivity index is 1.56. The van der Waals surface area contributed by atoms with Gasteiger partial charge < -0.3 is 9.64 Å². The van der Waals surface area contributed by atoms with E-state index in [1.807, 2.05) is 29.2 Å². The predicted octanol–water partition coefficient (Wildman–Crippen LogP) is 1.49. The molecule has 1 aromatic heterocycles. The minimum atomic E-state index is -0.298. The summed E-state index contributed by atoms with van der Waals surface area (Å²) in [5.41, 5.74) is 0.756. The molecule has 2 fully saturated rings. The summed E-state index contributed by atoms with van der Waals surface area (Å²) >= 11 is 0. The molecule has 0 N–H and O–H groups in total. The number of para-hydroxylation sites is 1. The molecule has 3 atom stereocenters. The smallest absolute Gasteiger partial charge is 0.261 e. The first kappa shape index (κ1) is 15.1. The molecule has 1 amide bonds. The van der Waals surface area contributed by atoms with Gasteiger partial charge in [0.15, 0.2) is 0 Å². The molecular formula is C19H21N3O3. The van der Waals surface area contributed by atoms with E-state index < -0.39 is 0 Å². The molecule has 4 heterocycles. The van der Waals surface area contributed by atoms with Crippen molar-refractivity contribution in [1.82, 2.24) is 14.5 Å². The molecule has 2 aromatic rings. The zero-order valence-corrected chi connectivity index (χ0v) is 14.1. The maximum absolute atomic E-state index is 13.0. The Kier molecular flexibility index (Phi) is 3.41. The third-order valence-electron chi connectivity index (χ3n) is 5.83. The molecule has 130 valence electrons. The second-order valence-electron chi connectivity index (χ2n) is 7.30. The molecule has 2 saturated heterocycles. The van der Waals surface area contributed by atoms with Crippen LogP contribution in [0.25, 0.3) is 10.9 Å². The van der Waals surface area contributed by atoms with Gasteiger partial charge in [-0.3, -0.25) is 14.2 Å². The van der Waals surface area contributed by atoms with Crippen LogP contribution in [0.2, 0.25) is 0 Å². The SMILES string of the molecule is O=C([C@@H]1CCCO1)N1[C@H]2CC[C@H]1Cn1c(nc3ccccc3c1=O)C2. The first-order valence-electron chi connectivity index (χ1n) is 9.14. The largest absolute Gasteiger partial charge is 0.368 e. The van der Waals surface area contributed by atoms with E-state index >= 15 is 0 Å². The summed E-state index contributed by atoms with van der Waals surface area (Å²) in [4.78, 5) is 32.7. The second-order valence-corrected chi connectivity index (χ2v) is 7.30. The topological polar surface area (TPSA) is 64.4 Å². The summed E-state index contributed by atoms with van der Waals surface area (Å²) in [5.74, 6) is 0.913. The normalized spacial score (nSPS) is 28.2. The second kappa shape index (κ2) is 5.66. The first-order chi connectivity index (χ1) is 12.2. The molecule has 0 aliphatic carbocycles. The van der Waals surface area contributed by atoms with Crippen molar-refractivity contribution < 1.29 is 9.53 Å². The molecule has 3 aliphatic heterocycles. The number of aromatic nitrogens is 2. The van der Waals surface area contributed by atoms with Gasteiger partial charge in [-0.2, -0.15) is 0 Å². The van der Waals surface area contributed by atoms with E-state index in [0.29, 0.717) is 25.0 Å². The Morgan fingerprint density at radius 3 is 2.84 bits per heavy atom. The van der Waals surface area contributed by atoms with Crippen molar-refractivity contribution in [1.29, 1.82) is 0 Å². The molecule has 6 heteroatoms.